The Hall–Kier alpha value is -0.670. The Bertz CT molecular complexity index is 185. The van der Waals surface area contributed by atoms with Crippen LogP contribution in [0.15, 0.2) is 0 Å². The van der Waals surface area contributed by atoms with Gasteiger partial charge in [0.05, 0.1) is 0 Å². The number of hydrogen-bond acceptors (Lipinski definition) is 1. The van der Waals surface area contributed by atoms with E-state index in [1.807, 2.05) is 13.8 Å². The van der Waals surface area contributed by atoms with Crippen molar-refractivity contribution in [3.63, 3.8) is 0 Å². The van der Waals surface area contributed by atoms with Gasteiger partial charge in [-0.3, -0.25) is 4.79 Å². The highest BCUT2D eigenvalue weighted by atomic mass is 19.3. The van der Waals surface area contributed by atoms with E-state index in [0.29, 0.717) is 19.3 Å². The molecular weight excluding hydrogens is 200 g/mol. The summed E-state index contributed by atoms with van der Waals surface area (Å²) in [4.78, 5) is 10.9. The van der Waals surface area contributed by atoms with Gasteiger partial charge >= 0.3 is 0 Å². The highest BCUT2D eigenvalue weighted by Crippen LogP contribution is 2.37. The second-order valence-electron chi connectivity index (χ2n) is 3.68. The van der Waals surface area contributed by atoms with Crippen LogP contribution in [0.3, 0.4) is 0 Å². The number of carbonyl (C=O) groups excluding carboxylic acids is 1. The number of halogens is 2. The van der Waals surface area contributed by atoms with Crippen LogP contribution in [-0.2, 0) is 4.79 Å². The topological polar surface area (TPSA) is 29.1 Å². The highest BCUT2D eigenvalue weighted by Gasteiger charge is 2.35. The summed E-state index contributed by atoms with van der Waals surface area (Å²) in [5.41, 5.74) is 0. The monoisotopic (exact) mass is 221 g/mol. The Morgan fingerprint density at radius 2 is 1.80 bits per heavy atom. The Kier molecular flexibility index (Phi) is 6.45. The van der Waals surface area contributed by atoms with Crippen LogP contribution in [0.25, 0.3) is 0 Å². The molecule has 0 heterocycles. The summed E-state index contributed by atoms with van der Waals surface area (Å²) in [7, 11) is 1.57. The molecule has 0 bridgehead atoms. The third kappa shape index (κ3) is 5.70. The molecule has 2 nitrogen and oxygen atoms in total. The number of amides is 1. The molecule has 0 aromatic rings. The lowest BCUT2D eigenvalue weighted by atomic mass is 9.84. The number of hydrogen-bond donors (Lipinski definition) is 1. The van der Waals surface area contributed by atoms with Gasteiger partial charge in [0.2, 0.25) is 11.8 Å². The van der Waals surface area contributed by atoms with E-state index in [4.69, 9.17) is 0 Å². The summed E-state index contributed by atoms with van der Waals surface area (Å²) >= 11 is 0. The van der Waals surface area contributed by atoms with Gasteiger partial charge in [-0.1, -0.05) is 13.8 Å². The normalized spacial score (nSPS) is 20.1. The van der Waals surface area contributed by atoms with Crippen molar-refractivity contribution in [2.75, 3.05) is 7.05 Å². The van der Waals surface area contributed by atoms with Crippen LogP contribution in [0.4, 0.5) is 8.78 Å². The van der Waals surface area contributed by atoms with Crippen LogP contribution in [-0.4, -0.2) is 18.9 Å². The summed E-state index contributed by atoms with van der Waals surface area (Å²) < 4.78 is 25.4. The summed E-state index contributed by atoms with van der Waals surface area (Å²) in [5.74, 6) is -2.38. The minimum atomic E-state index is -2.49. The Balaban J connectivity index is 0.000000921. The number of nitrogens with one attached hydrogen (secondary N) is 1. The average molecular weight is 221 g/mol. The van der Waals surface area contributed by atoms with E-state index in [1.165, 1.54) is 0 Å². The summed E-state index contributed by atoms with van der Waals surface area (Å²) in [5, 5.41) is 2.51. The van der Waals surface area contributed by atoms with Crippen molar-refractivity contribution in [1.82, 2.24) is 5.32 Å². The van der Waals surface area contributed by atoms with E-state index >= 15 is 0 Å². The molecule has 1 aliphatic rings. The molecule has 0 radical (unpaired) electrons. The molecule has 1 rings (SSSR count). The molecule has 90 valence electrons. The molecular formula is C11H21F2NO. The van der Waals surface area contributed by atoms with Crippen molar-refractivity contribution in [1.29, 1.82) is 0 Å². The van der Waals surface area contributed by atoms with Gasteiger partial charge < -0.3 is 5.32 Å². The Morgan fingerprint density at radius 1 is 1.33 bits per heavy atom. The maximum atomic E-state index is 12.7. The number of rotatable bonds is 2. The van der Waals surface area contributed by atoms with Crippen molar-refractivity contribution in [3.05, 3.63) is 0 Å². The van der Waals surface area contributed by atoms with Crippen LogP contribution >= 0.6 is 0 Å². The molecule has 0 aromatic heterocycles. The van der Waals surface area contributed by atoms with Crippen molar-refractivity contribution < 1.29 is 13.6 Å². The standard InChI is InChI=1S/C9H15F2NO.C2H6/c1-12-8(13)6-7-2-4-9(10,11)5-3-7;1-2/h7H,2-6H2,1H3,(H,12,13);1-2H3. The summed E-state index contributed by atoms with van der Waals surface area (Å²) in [6, 6.07) is 0. The van der Waals surface area contributed by atoms with Crippen LogP contribution in [0.1, 0.15) is 46.0 Å². The van der Waals surface area contributed by atoms with Crippen LogP contribution < -0.4 is 5.32 Å². The second kappa shape index (κ2) is 6.75. The van der Waals surface area contributed by atoms with Crippen LogP contribution in [0.2, 0.25) is 0 Å². The molecule has 1 saturated carbocycles. The fraction of sp³-hybridized carbons (Fsp3) is 0.909. The molecule has 1 N–H and O–H groups in total. The minimum absolute atomic E-state index is 0.0461. The second-order valence-corrected chi connectivity index (χ2v) is 3.68. The largest absolute Gasteiger partial charge is 0.359 e. The fourth-order valence-electron chi connectivity index (χ4n) is 1.67. The van der Waals surface area contributed by atoms with Gasteiger partial charge in [0.25, 0.3) is 0 Å². The molecule has 4 heteroatoms. The average Bonchev–Trinajstić information content (AvgIpc) is 2.24. The van der Waals surface area contributed by atoms with Gasteiger partial charge in [-0.25, -0.2) is 8.78 Å². The van der Waals surface area contributed by atoms with Gasteiger partial charge in [-0.2, -0.15) is 0 Å². The van der Waals surface area contributed by atoms with Crippen molar-refractivity contribution in [2.24, 2.45) is 5.92 Å². The van der Waals surface area contributed by atoms with Gasteiger partial charge in [0, 0.05) is 26.3 Å². The van der Waals surface area contributed by atoms with Gasteiger partial charge in [0.1, 0.15) is 0 Å². The smallest absolute Gasteiger partial charge is 0.248 e. The predicted octanol–water partition coefficient (Wildman–Crippen LogP) is 2.97. The maximum absolute atomic E-state index is 12.7. The predicted molar refractivity (Wildman–Crippen MR) is 56.9 cm³/mol. The first-order chi connectivity index (χ1) is 7.03. The highest BCUT2D eigenvalue weighted by molar-refractivity contribution is 5.75. The first kappa shape index (κ1) is 14.3. The molecule has 0 spiro atoms. The van der Waals surface area contributed by atoms with Crippen LogP contribution in [0, 0.1) is 5.92 Å². The zero-order valence-corrected chi connectivity index (χ0v) is 9.78. The molecule has 1 aliphatic carbocycles. The quantitative estimate of drug-likeness (QED) is 0.763. The van der Waals surface area contributed by atoms with Crippen molar-refractivity contribution in [3.8, 4) is 0 Å². The SMILES string of the molecule is CC.CNC(=O)CC1CCC(F)(F)CC1. The fourth-order valence-corrected chi connectivity index (χ4v) is 1.67. The van der Waals surface area contributed by atoms with Crippen LogP contribution in [0.5, 0.6) is 0 Å². The maximum Gasteiger partial charge on any atom is 0.248 e. The first-order valence-electron chi connectivity index (χ1n) is 5.62. The first-order valence-corrected chi connectivity index (χ1v) is 5.62. The summed E-state index contributed by atoms with van der Waals surface area (Å²) in [6.45, 7) is 4.00. The van der Waals surface area contributed by atoms with E-state index in [2.05, 4.69) is 5.32 Å². The van der Waals surface area contributed by atoms with Gasteiger partial charge in [-0.15, -0.1) is 0 Å². The van der Waals surface area contributed by atoms with Gasteiger partial charge in [-0.05, 0) is 18.8 Å². The molecule has 0 unspecified atom stereocenters. The zero-order valence-electron chi connectivity index (χ0n) is 9.78. The third-order valence-electron chi connectivity index (χ3n) is 2.59. The number of alkyl halides is 2. The van der Waals surface area contributed by atoms with Crippen molar-refractivity contribution >= 4 is 5.91 Å². The lowest BCUT2D eigenvalue weighted by Crippen LogP contribution is -2.28. The zero-order chi connectivity index (χ0) is 11.9. The van der Waals surface area contributed by atoms with E-state index in [9.17, 15) is 13.6 Å². The Labute approximate surface area is 90.4 Å². The summed E-state index contributed by atoms with van der Waals surface area (Å²) in [6.07, 6.45) is 1.22. The van der Waals surface area contributed by atoms with Crippen molar-refractivity contribution in [2.45, 2.75) is 51.9 Å². The lowest BCUT2D eigenvalue weighted by molar-refractivity contribution is -0.122. The van der Waals surface area contributed by atoms with E-state index in [0.717, 1.165) is 0 Å². The number of carbonyl (C=O) groups is 1. The Morgan fingerprint density at radius 3 is 2.20 bits per heavy atom. The van der Waals surface area contributed by atoms with Gasteiger partial charge in [0.15, 0.2) is 0 Å². The molecule has 0 aliphatic heterocycles. The lowest BCUT2D eigenvalue weighted by Gasteiger charge is -2.27. The molecule has 1 amide bonds. The molecule has 1 fully saturated rings. The molecule has 0 aromatic carbocycles. The molecule has 15 heavy (non-hydrogen) atoms. The van der Waals surface area contributed by atoms with E-state index in [-0.39, 0.29) is 24.7 Å². The third-order valence-corrected chi connectivity index (χ3v) is 2.59. The van der Waals surface area contributed by atoms with E-state index in [1.54, 1.807) is 7.05 Å². The van der Waals surface area contributed by atoms with E-state index < -0.39 is 5.92 Å². The molecule has 0 saturated heterocycles. The molecule has 0 atom stereocenters. The minimum Gasteiger partial charge on any atom is -0.359 e.